The standard InChI is InChI=1S/C20H20ClNO4/c21-16-3-1-2-15(11-16)19-12-22(8-9-24-19)20(23)7-5-14-4-6-17-18(10-14)26-13-25-17/h1-4,6,10-11,19H,5,7-9,12-13H2. The first-order valence-electron chi connectivity index (χ1n) is 8.72. The molecule has 0 N–H and O–H groups in total. The minimum absolute atomic E-state index is 0.128. The largest absolute Gasteiger partial charge is 0.454 e. The van der Waals surface area contributed by atoms with Gasteiger partial charge in [0.1, 0.15) is 6.10 Å². The molecule has 0 bridgehead atoms. The van der Waals surface area contributed by atoms with E-state index in [1.54, 1.807) is 0 Å². The predicted molar refractivity (Wildman–Crippen MR) is 97.6 cm³/mol. The number of aryl methyl sites for hydroxylation is 1. The third-order valence-corrected chi connectivity index (χ3v) is 4.94. The number of hydrogen-bond donors (Lipinski definition) is 0. The lowest BCUT2D eigenvalue weighted by Crippen LogP contribution is -2.42. The third-order valence-electron chi connectivity index (χ3n) is 4.70. The lowest BCUT2D eigenvalue weighted by atomic mass is 10.1. The van der Waals surface area contributed by atoms with Crippen molar-refractivity contribution in [3.63, 3.8) is 0 Å². The van der Waals surface area contributed by atoms with Gasteiger partial charge in [-0.1, -0.05) is 29.8 Å². The van der Waals surface area contributed by atoms with Crippen molar-refractivity contribution in [1.29, 1.82) is 0 Å². The van der Waals surface area contributed by atoms with Crippen molar-refractivity contribution in [2.45, 2.75) is 18.9 Å². The molecule has 0 aromatic heterocycles. The van der Waals surface area contributed by atoms with Gasteiger partial charge in [0.25, 0.3) is 0 Å². The number of fused-ring (bicyclic) bond motifs is 1. The van der Waals surface area contributed by atoms with Gasteiger partial charge >= 0.3 is 0 Å². The molecule has 1 saturated heterocycles. The topological polar surface area (TPSA) is 48.0 Å². The molecule has 0 spiro atoms. The van der Waals surface area contributed by atoms with Crippen LogP contribution in [0, 0.1) is 0 Å². The van der Waals surface area contributed by atoms with Gasteiger partial charge in [-0.25, -0.2) is 0 Å². The molecule has 136 valence electrons. The smallest absolute Gasteiger partial charge is 0.231 e. The van der Waals surface area contributed by atoms with Crippen molar-refractivity contribution < 1.29 is 19.0 Å². The number of morpholine rings is 1. The molecule has 0 aliphatic carbocycles. The number of amides is 1. The van der Waals surface area contributed by atoms with Crippen LogP contribution in [0.25, 0.3) is 0 Å². The fourth-order valence-corrected chi connectivity index (χ4v) is 3.49. The summed E-state index contributed by atoms with van der Waals surface area (Å²) < 4.78 is 16.5. The van der Waals surface area contributed by atoms with Crippen molar-refractivity contribution >= 4 is 17.5 Å². The first-order valence-corrected chi connectivity index (χ1v) is 9.10. The number of carbonyl (C=O) groups is 1. The van der Waals surface area contributed by atoms with Gasteiger partial charge in [0, 0.05) is 18.0 Å². The van der Waals surface area contributed by atoms with Crippen LogP contribution in [0.5, 0.6) is 11.5 Å². The van der Waals surface area contributed by atoms with Crippen LogP contribution in [-0.4, -0.2) is 37.3 Å². The van der Waals surface area contributed by atoms with Crippen molar-refractivity contribution in [3.8, 4) is 11.5 Å². The minimum Gasteiger partial charge on any atom is -0.454 e. The molecule has 2 aliphatic heterocycles. The van der Waals surface area contributed by atoms with Crippen molar-refractivity contribution in [2.75, 3.05) is 26.5 Å². The van der Waals surface area contributed by atoms with Crippen LogP contribution in [0.3, 0.4) is 0 Å². The van der Waals surface area contributed by atoms with Gasteiger partial charge in [-0.3, -0.25) is 4.79 Å². The molecule has 26 heavy (non-hydrogen) atoms. The molecule has 0 radical (unpaired) electrons. The number of halogens is 1. The Bertz CT molecular complexity index is 810. The average molecular weight is 374 g/mol. The van der Waals surface area contributed by atoms with E-state index in [-0.39, 0.29) is 18.8 Å². The molecule has 4 rings (SSSR count). The summed E-state index contributed by atoms with van der Waals surface area (Å²) in [7, 11) is 0. The quantitative estimate of drug-likeness (QED) is 0.821. The molecule has 2 aromatic rings. The number of benzene rings is 2. The van der Waals surface area contributed by atoms with E-state index in [0.717, 1.165) is 22.6 Å². The highest BCUT2D eigenvalue weighted by Crippen LogP contribution is 2.33. The van der Waals surface area contributed by atoms with E-state index in [1.165, 1.54) is 0 Å². The summed E-state index contributed by atoms with van der Waals surface area (Å²) in [5.41, 5.74) is 2.08. The fraction of sp³-hybridized carbons (Fsp3) is 0.350. The van der Waals surface area contributed by atoms with Crippen LogP contribution in [0.1, 0.15) is 23.7 Å². The molecule has 2 heterocycles. The Labute approximate surface area is 157 Å². The average Bonchev–Trinajstić information content (AvgIpc) is 3.14. The summed E-state index contributed by atoms with van der Waals surface area (Å²) in [5, 5.41) is 0.678. The number of rotatable bonds is 4. The molecule has 0 saturated carbocycles. The molecular weight excluding hydrogens is 354 g/mol. The second-order valence-corrected chi connectivity index (χ2v) is 6.88. The van der Waals surface area contributed by atoms with E-state index < -0.39 is 0 Å². The van der Waals surface area contributed by atoms with Crippen LogP contribution < -0.4 is 9.47 Å². The van der Waals surface area contributed by atoms with E-state index in [2.05, 4.69) is 0 Å². The highest BCUT2D eigenvalue weighted by atomic mass is 35.5. The highest BCUT2D eigenvalue weighted by Gasteiger charge is 2.25. The summed E-state index contributed by atoms with van der Waals surface area (Å²) in [6.07, 6.45) is 1.01. The van der Waals surface area contributed by atoms with E-state index in [4.69, 9.17) is 25.8 Å². The van der Waals surface area contributed by atoms with Gasteiger partial charge in [-0.15, -0.1) is 0 Å². The van der Waals surface area contributed by atoms with Gasteiger partial charge in [0.2, 0.25) is 12.7 Å². The first-order chi connectivity index (χ1) is 12.7. The van der Waals surface area contributed by atoms with Crippen LogP contribution >= 0.6 is 11.6 Å². The Morgan fingerprint density at radius 2 is 2.04 bits per heavy atom. The minimum atomic E-state index is -0.128. The van der Waals surface area contributed by atoms with E-state index in [0.29, 0.717) is 37.6 Å². The number of nitrogens with zero attached hydrogens (tertiary/aromatic N) is 1. The molecule has 2 aliphatic rings. The molecule has 2 aromatic carbocycles. The Hall–Kier alpha value is -2.24. The zero-order valence-corrected chi connectivity index (χ0v) is 15.1. The first kappa shape index (κ1) is 17.2. The molecule has 1 unspecified atom stereocenters. The van der Waals surface area contributed by atoms with E-state index >= 15 is 0 Å². The third kappa shape index (κ3) is 3.79. The maximum absolute atomic E-state index is 12.6. The van der Waals surface area contributed by atoms with Gasteiger partial charge in [-0.2, -0.15) is 0 Å². The summed E-state index contributed by atoms with van der Waals surface area (Å²) in [6.45, 7) is 1.97. The maximum atomic E-state index is 12.6. The lowest BCUT2D eigenvalue weighted by molar-refractivity contribution is -0.139. The molecule has 1 atom stereocenters. The SMILES string of the molecule is O=C(CCc1ccc2c(c1)OCO2)N1CCOC(c2cccc(Cl)c2)C1. The summed E-state index contributed by atoms with van der Waals surface area (Å²) in [5.74, 6) is 1.65. The number of carbonyl (C=O) groups excluding carboxylic acids is 1. The van der Waals surface area contributed by atoms with Crippen LogP contribution in [0.2, 0.25) is 5.02 Å². The molecule has 6 heteroatoms. The Balaban J connectivity index is 1.35. The lowest BCUT2D eigenvalue weighted by Gasteiger charge is -2.33. The van der Waals surface area contributed by atoms with E-state index in [1.807, 2.05) is 47.4 Å². The highest BCUT2D eigenvalue weighted by molar-refractivity contribution is 6.30. The van der Waals surface area contributed by atoms with Crippen LogP contribution in [0.4, 0.5) is 0 Å². The zero-order valence-electron chi connectivity index (χ0n) is 14.3. The molecular formula is C20H20ClNO4. The maximum Gasteiger partial charge on any atom is 0.231 e. The van der Waals surface area contributed by atoms with Gasteiger partial charge < -0.3 is 19.1 Å². The Morgan fingerprint density at radius 3 is 2.92 bits per heavy atom. The normalized spacial score (nSPS) is 18.8. The van der Waals surface area contributed by atoms with Gasteiger partial charge in [0.15, 0.2) is 11.5 Å². The van der Waals surface area contributed by atoms with Crippen molar-refractivity contribution in [3.05, 3.63) is 58.6 Å². The fourth-order valence-electron chi connectivity index (χ4n) is 3.29. The van der Waals surface area contributed by atoms with Crippen molar-refractivity contribution in [1.82, 2.24) is 4.90 Å². The van der Waals surface area contributed by atoms with Gasteiger partial charge in [0.05, 0.1) is 13.2 Å². The predicted octanol–water partition coefficient (Wildman–Crippen LogP) is 3.60. The van der Waals surface area contributed by atoms with Crippen molar-refractivity contribution in [2.24, 2.45) is 0 Å². The summed E-state index contributed by atoms with van der Waals surface area (Å²) in [4.78, 5) is 14.5. The zero-order chi connectivity index (χ0) is 17.9. The molecule has 1 amide bonds. The second kappa shape index (κ2) is 7.56. The van der Waals surface area contributed by atoms with Gasteiger partial charge in [-0.05, 0) is 41.8 Å². The molecule has 1 fully saturated rings. The summed E-state index contributed by atoms with van der Waals surface area (Å²) in [6, 6.07) is 13.4. The monoisotopic (exact) mass is 373 g/mol. The Morgan fingerprint density at radius 1 is 1.15 bits per heavy atom. The molecule has 5 nitrogen and oxygen atoms in total. The Kier molecular flexibility index (Phi) is 5.00. The van der Waals surface area contributed by atoms with Crippen LogP contribution in [-0.2, 0) is 16.0 Å². The second-order valence-electron chi connectivity index (χ2n) is 6.44. The summed E-state index contributed by atoms with van der Waals surface area (Å²) >= 11 is 6.07. The van der Waals surface area contributed by atoms with E-state index in [9.17, 15) is 4.79 Å². The number of ether oxygens (including phenoxy) is 3. The van der Waals surface area contributed by atoms with Crippen LogP contribution in [0.15, 0.2) is 42.5 Å². The number of hydrogen-bond acceptors (Lipinski definition) is 4.